The Morgan fingerprint density at radius 1 is 0.905 bits per heavy atom. The second-order valence-electron chi connectivity index (χ2n) is 4.86. The number of anilines is 2. The predicted molar refractivity (Wildman–Crippen MR) is 83.3 cm³/mol. The highest BCUT2D eigenvalue weighted by Gasteiger charge is 2.24. The monoisotopic (exact) mass is 280 g/mol. The summed E-state index contributed by atoms with van der Waals surface area (Å²) < 4.78 is 0. The molecule has 0 saturated heterocycles. The van der Waals surface area contributed by atoms with E-state index in [1.165, 1.54) is 0 Å². The Bertz CT molecular complexity index is 653. The Morgan fingerprint density at radius 3 is 2.05 bits per heavy atom. The molecule has 0 unspecified atom stereocenters. The summed E-state index contributed by atoms with van der Waals surface area (Å²) in [5, 5.41) is 9.40. The van der Waals surface area contributed by atoms with Gasteiger partial charge in [-0.3, -0.25) is 0 Å². The maximum atomic E-state index is 11.5. The van der Waals surface area contributed by atoms with Gasteiger partial charge in [-0.05, 0) is 30.3 Å². The first-order valence-corrected chi connectivity index (χ1v) is 6.82. The van der Waals surface area contributed by atoms with E-state index in [1.807, 2.05) is 65.6 Å². The van der Waals surface area contributed by atoms with E-state index in [1.54, 1.807) is 6.08 Å². The fraction of sp³-hybridized carbons (Fsp3) is 0.118. The lowest BCUT2D eigenvalue weighted by Crippen LogP contribution is -2.44. The van der Waals surface area contributed by atoms with Crippen LogP contribution in [-0.4, -0.2) is 24.3 Å². The van der Waals surface area contributed by atoms with Crippen molar-refractivity contribution in [2.75, 3.05) is 23.0 Å². The summed E-state index contributed by atoms with van der Waals surface area (Å²) in [6, 6.07) is 19.6. The Balaban J connectivity index is 1.94. The number of carbonyl (C=O) groups is 1. The van der Waals surface area contributed by atoms with E-state index in [0.29, 0.717) is 18.9 Å². The van der Waals surface area contributed by atoms with Gasteiger partial charge in [0.2, 0.25) is 0 Å². The molecule has 1 aliphatic rings. The molecule has 2 aromatic rings. The van der Waals surface area contributed by atoms with Crippen LogP contribution in [0.4, 0.5) is 11.4 Å². The zero-order chi connectivity index (χ0) is 14.7. The van der Waals surface area contributed by atoms with Gasteiger partial charge in [-0.15, -0.1) is 0 Å². The molecule has 0 atom stereocenters. The molecule has 0 aromatic heterocycles. The van der Waals surface area contributed by atoms with Crippen molar-refractivity contribution >= 4 is 17.3 Å². The lowest BCUT2D eigenvalue weighted by atomic mass is 10.2. The van der Waals surface area contributed by atoms with E-state index in [9.17, 15) is 9.90 Å². The number of rotatable bonds is 3. The average Bonchev–Trinajstić information content (AvgIpc) is 2.56. The third-order valence-electron chi connectivity index (χ3n) is 3.52. The van der Waals surface area contributed by atoms with Gasteiger partial charge in [0.25, 0.3) is 0 Å². The first-order valence-electron chi connectivity index (χ1n) is 6.82. The molecule has 21 heavy (non-hydrogen) atoms. The highest BCUT2D eigenvalue weighted by molar-refractivity contribution is 5.92. The highest BCUT2D eigenvalue weighted by Crippen LogP contribution is 2.25. The van der Waals surface area contributed by atoms with Gasteiger partial charge in [-0.2, -0.15) is 0 Å². The first-order chi connectivity index (χ1) is 10.3. The molecule has 4 heteroatoms. The minimum atomic E-state index is -0.897. The van der Waals surface area contributed by atoms with Crippen LogP contribution in [0.15, 0.2) is 72.4 Å². The number of nitrogens with zero attached hydrogens (tertiary/aromatic N) is 2. The minimum Gasteiger partial charge on any atom is -0.477 e. The Kier molecular flexibility index (Phi) is 3.60. The molecule has 1 heterocycles. The number of para-hydroxylation sites is 2. The molecular formula is C17H16N2O2. The third-order valence-corrected chi connectivity index (χ3v) is 3.52. The predicted octanol–water partition coefficient (Wildman–Crippen LogP) is 2.94. The topological polar surface area (TPSA) is 43.8 Å². The van der Waals surface area contributed by atoms with Crippen molar-refractivity contribution < 1.29 is 9.90 Å². The van der Waals surface area contributed by atoms with Crippen LogP contribution in [0.1, 0.15) is 0 Å². The van der Waals surface area contributed by atoms with Crippen LogP contribution in [0.25, 0.3) is 0 Å². The summed E-state index contributed by atoms with van der Waals surface area (Å²) in [6.07, 6.45) is 1.76. The molecule has 0 fully saturated rings. The number of benzene rings is 2. The van der Waals surface area contributed by atoms with Crippen molar-refractivity contribution in [2.24, 2.45) is 0 Å². The van der Waals surface area contributed by atoms with Crippen molar-refractivity contribution in [2.45, 2.75) is 0 Å². The van der Waals surface area contributed by atoms with Crippen LogP contribution >= 0.6 is 0 Å². The fourth-order valence-electron chi connectivity index (χ4n) is 2.47. The maximum Gasteiger partial charge on any atom is 0.352 e. The largest absolute Gasteiger partial charge is 0.477 e. The summed E-state index contributed by atoms with van der Waals surface area (Å²) in [5.74, 6) is -0.897. The van der Waals surface area contributed by atoms with Crippen LogP contribution in [0.5, 0.6) is 0 Å². The van der Waals surface area contributed by atoms with Crippen LogP contribution in [0.3, 0.4) is 0 Å². The van der Waals surface area contributed by atoms with Gasteiger partial charge in [0.1, 0.15) is 5.70 Å². The molecule has 1 N–H and O–H groups in total. The summed E-state index contributed by atoms with van der Waals surface area (Å²) in [6.45, 7) is 1.11. The molecule has 0 aliphatic carbocycles. The van der Waals surface area contributed by atoms with Gasteiger partial charge in [-0.25, -0.2) is 4.79 Å². The molecular weight excluding hydrogens is 264 g/mol. The van der Waals surface area contributed by atoms with E-state index < -0.39 is 5.97 Å². The number of hydrogen-bond acceptors (Lipinski definition) is 3. The van der Waals surface area contributed by atoms with E-state index >= 15 is 0 Å². The zero-order valence-electron chi connectivity index (χ0n) is 11.5. The Hall–Kier alpha value is -2.75. The molecule has 4 nitrogen and oxygen atoms in total. The van der Waals surface area contributed by atoms with Gasteiger partial charge >= 0.3 is 5.97 Å². The zero-order valence-corrected chi connectivity index (χ0v) is 11.5. The van der Waals surface area contributed by atoms with Gasteiger partial charge in [0.15, 0.2) is 0 Å². The first kappa shape index (κ1) is 13.2. The fourth-order valence-corrected chi connectivity index (χ4v) is 2.47. The third kappa shape index (κ3) is 2.74. The van der Waals surface area contributed by atoms with Crippen LogP contribution in [0, 0.1) is 0 Å². The van der Waals surface area contributed by atoms with Gasteiger partial charge in [0, 0.05) is 17.9 Å². The summed E-state index contributed by atoms with van der Waals surface area (Å²) in [7, 11) is 0. The normalized spacial score (nSPS) is 14.8. The smallest absolute Gasteiger partial charge is 0.352 e. The number of carboxylic acid groups (broad SMARTS) is 1. The average molecular weight is 280 g/mol. The lowest BCUT2D eigenvalue weighted by Gasteiger charge is -2.37. The minimum absolute atomic E-state index is 0.327. The van der Waals surface area contributed by atoms with Crippen LogP contribution < -0.4 is 9.80 Å². The van der Waals surface area contributed by atoms with E-state index in [-0.39, 0.29) is 0 Å². The van der Waals surface area contributed by atoms with Crippen molar-refractivity contribution in [1.29, 1.82) is 0 Å². The molecule has 3 rings (SSSR count). The highest BCUT2D eigenvalue weighted by atomic mass is 16.4. The molecule has 1 aliphatic heterocycles. The second kappa shape index (κ2) is 5.71. The van der Waals surface area contributed by atoms with Crippen molar-refractivity contribution in [1.82, 2.24) is 0 Å². The molecule has 106 valence electrons. The molecule has 0 spiro atoms. The molecule has 2 aromatic carbocycles. The second-order valence-corrected chi connectivity index (χ2v) is 4.86. The quantitative estimate of drug-likeness (QED) is 0.938. The van der Waals surface area contributed by atoms with Crippen molar-refractivity contribution in [3.8, 4) is 0 Å². The Labute approximate surface area is 123 Å². The standard InChI is InChI=1S/C17H16N2O2/c20-17(21)16-11-12-18(14-7-3-1-4-8-14)13-19(16)15-9-5-2-6-10-15/h1-11H,12-13H2,(H,20,21). The SMILES string of the molecule is O=C(O)C1=CCN(c2ccccc2)CN1c1ccccc1. The van der Waals surface area contributed by atoms with E-state index in [4.69, 9.17) is 0 Å². The lowest BCUT2D eigenvalue weighted by molar-refractivity contribution is -0.132. The van der Waals surface area contributed by atoms with Crippen molar-refractivity contribution in [3.63, 3.8) is 0 Å². The maximum absolute atomic E-state index is 11.5. The van der Waals surface area contributed by atoms with Crippen LogP contribution in [-0.2, 0) is 4.79 Å². The Morgan fingerprint density at radius 2 is 1.48 bits per heavy atom. The summed E-state index contributed by atoms with van der Waals surface area (Å²) in [5.41, 5.74) is 2.29. The van der Waals surface area contributed by atoms with Crippen molar-refractivity contribution in [3.05, 3.63) is 72.4 Å². The van der Waals surface area contributed by atoms with E-state index in [0.717, 1.165) is 11.4 Å². The van der Waals surface area contributed by atoms with Gasteiger partial charge < -0.3 is 14.9 Å². The number of aliphatic carboxylic acids is 1. The summed E-state index contributed by atoms with van der Waals surface area (Å²) in [4.78, 5) is 15.4. The van der Waals surface area contributed by atoms with Gasteiger partial charge in [0.05, 0.1) is 6.67 Å². The summed E-state index contributed by atoms with van der Waals surface area (Å²) >= 11 is 0. The molecule has 0 amide bonds. The number of hydrogen-bond donors (Lipinski definition) is 1. The van der Waals surface area contributed by atoms with E-state index in [2.05, 4.69) is 4.90 Å². The van der Waals surface area contributed by atoms with Gasteiger partial charge in [-0.1, -0.05) is 36.4 Å². The number of carboxylic acids is 1. The molecule has 0 saturated carbocycles. The molecule has 0 bridgehead atoms. The molecule has 0 radical (unpaired) electrons. The van der Waals surface area contributed by atoms with Crippen LogP contribution in [0.2, 0.25) is 0 Å².